The second-order valence-corrected chi connectivity index (χ2v) is 10.9. The van der Waals surface area contributed by atoms with Crippen LogP contribution in [0.3, 0.4) is 0 Å². The van der Waals surface area contributed by atoms with Crippen LogP contribution in [0.1, 0.15) is 26.3 Å². The maximum atomic E-state index is 6.43. The van der Waals surface area contributed by atoms with E-state index in [0.717, 1.165) is 45.1 Å². The lowest BCUT2D eigenvalue weighted by atomic mass is 9.88. The number of hydrogen-bond donors (Lipinski definition) is 0. The number of fused-ring (bicyclic) bond motifs is 4. The second-order valence-electron chi connectivity index (χ2n) is 10.9. The summed E-state index contributed by atoms with van der Waals surface area (Å²) in [5.74, 6) is 2.44. The van der Waals surface area contributed by atoms with Gasteiger partial charge in [-0.3, -0.25) is 9.13 Å². The Morgan fingerprint density at radius 1 is 0.641 bits per heavy atom. The van der Waals surface area contributed by atoms with E-state index in [-0.39, 0.29) is 5.41 Å². The molecule has 0 N–H and O–H groups in total. The minimum Gasteiger partial charge on any atom is -0.457 e. The first kappa shape index (κ1) is 23.2. The van der Waals surface area contributed by atoms with Gasteiger partial charge in [0.1, 0.15) is 23.6 Å². The molecule has 0 saturated carbocycles. The van der Waals surface area contributed by atoms with E-state index >= 15 is 0 Å². The number of ether oxygens (including phenoxy) is 1. The predicted octanol–water partition coefficient (Wildman–Crippen LogP) is 8.61. The van der Waals surface area contributed by atoms with Crippen molar-refractivity contribution in [3.05, 3.63) is 121 Å². The molecule has 0 radical (unpaired) electrons. The highest BCUT2D eigenvalue weighted by Crippen LogP contribution is 2.36. The molecule has 0 unspecified atom stereocenters. The first-order chi connectivity index (χ1) is 19.0. The molecule has 7 aromatic rings. The highest BCUT2D eigenvalue weighted by atomic mass is 16.5. The number of rotatable bonds is 4. The van der Waals surface area contributed by atoms with Gasteiger partial charge in [-0.25, -0.2) is 9.97 Å². The number of nitrogens with zero attached hydrogens (tertiary/aromatic N) is 4. The van der Waals surface area contributed by atoms with Gasteiger partial charge in [0, 0.05) is 29.1 Å². The maximum absolute atomic E-state index is 6.43. The van der Waals surface area contributed by atoms with E-state index in [0.29, 0.717) is 0 Å². The lowest BCUT2D eigenvalue weighted by molar-refractivity contribution is 0.483. The molecule has 190 valence electrons. The number of hydrogen-bond acceptors (Lipinski definition) is 3. The molecule has 3 heterocycles. The normalized spacial score (nSPS) is 12.0. The maximum Gasteiger partial charge on any atom is 0.137 e. The van der Waals surface area contributed by atoms with Gasteiger partial charge in [0.15, 0.2) is 0 Å². The Morgan fingerprint density at radius 2 is 1.41 bits per heavy atom. The molecule has 0 atom stereocenters. The van der Waals surface area contributed by atoms with Crippen LogP contribution in [0.2, 0.25) is 0 Å². The van der Waals surface area contributed by atoms with Gasteiger partial charge in [0.05, 0.1) is 27.8 Å². The van der Waals surface area contributed by atoms with Crippen molar-refractivity contribution in [2.24, 2.45) is 0 Å². The topological polar surface area (TPSA) is 44.9 Å². The highest BCUT2D eigenvalue weighted by Gasteiger charge is 2.18. The van der Waals surface area contributed by atoms with Gasteiger partial charge in [-0.2, -0.15) is 0 Å². The molecule has 5 heteroatoms. The summed E-state index contributed by atoms with van der Waals surface area (Å²) in [5.41, 5.74) is 6.48. The summed E-state index contributed by atoms with van der Waals surface area (Å²) in [6.07, 6.45) is 3.76. The molecule has 7 rings (SSSR count). The van der Waals surface area contributed by atoms with Crippen LogP contribution in [0.15, 0.2) is 116 Å². The molecule has 0 amide bonds. The lowest BCUT2D eigenvalue weighted by Gasteiger charge is -2.20. The Kier molecular flexibility index (Phi) is 5.27. The summed E-state index contributed by atoms with van der Waals surface area (Å²) in [7, 11) is 0. The summed E-state index contributed by atoms with van der Waals surface area (Å²) in [6.45, 7) is 6.68. The zero-order chi connectivity index (χ0) is 26.6. The lowest BCUT2D eigenvalue weighted by Crippen LogP contribution is -2.12. The first-order valence-electron chi connectivity index (χ1n) is 13.2. The average Bonchev–Trinajstić information content (AvgIpc) is 3.52. The number of imidazole rings is 1. The SMILES string of the molecule is CC(C)(C)c1ccnc(-n2c3ccccc3c3ccc(Oc4cccc(-n5cnc6ccccc65)c4)cc32)c1. The monoisotopic (exact) mass is 508 g/mol. The minimum atomic E-state index is 0.0241. The predicted molar refractivity (Wildman–Crippen MR) is 158 cm³/mol. The molecule has 0 aliphatic heterocycles. The van der Waals surface area contributed by atoms with Crippen LogP contribution < -0.4 is 4.74 Å². The van der Waals surface area contributed by atoms with Crippen LogP contribution in [0.25, 0.3) is 44.3 Å². The van der Waals surface area contributed by atoms with E-state index in [1.165, 1.54) is 16.3 Å². The summed E-state index contributed by atoms with van der Waals surface area (Å²) in [6, 6.07) is 35.3. The van der Waals surface area contributed by atoms with Crippen molar-refractivity contribution in [1.82, 2.24) is 19.1 Å². The quantitative estimate of drug-likeness (QED) is 0.239. The van der Waals surface area contributed by atoms with Gasteiger partial charge >= 0.3 is 0 Å². The largest absolute Gasteiger partial charge is 0.457 e. The van der Waals surface area contributed by atoms with Crippen molar-refractivity contribution >= 4 is 32.8 Å². The fourth-order valence-corrected chi connectivity index (χ4v) is 5.27. The third-order valence-electron chi connectivity index (χ3n) is 7.27. The highest BCUT2D eigenvalue weighted by molar-refractivity contribution is 6.09. The van der Waals surface area contributed by atoms with Gasteiger partial charge in [0.2, 0.25) is 0 Å². The molecule has 5 nitrogen and oxygen atoms in total. The summed E-state index contributed by atoms with van der Waals surface area (Å²) >= 11 is 0. The Morgan fingerprint density at radius 3 is 2.28 bits per heavy atom. The van der Waals surface area contributed by atoms with E-state index in [4.69, 9.17) is 9.72 Å². The third kappa shape index (κ3) is 4.03. The molecule has 0 bridgehead atoms. The number of aromatic nitrogens is 4. The second kappa shape index (κ2) is 8.84. The third-order valence-corrected chi connectivity index (χ3v) is 7.27. The number of para-hydroxylation sites is 3. The van der Waals surface area contributed by atoms with Crippen LogP contribution in [0.4, 0.5) is 0 Å². The van der Waals surface area contributed by atoms with Crippen molar-refractivity contribution in [2.75, 3.05) is 0 Å². The van der Waals surface area contributed by atoms with Crippen molar-refractivity contribution in [3.8, 4) is 23.0 Å². The summed E-state index contributed by atoms with van der Waals surface area (Å²) < 4.78 is 10.8. The van der Waals surface area contributed by atoms with Crippen LogP contribution in [-0.4, -0.2) is 19.1 Å². The van der Waals surface area contributed by atoms with E-state index < -0.39 is 0 Å². The molecular formula is C34H28N4O. The van der Waals surface area contributed by atoms with E-state index in [1.807, 2.05) is 55.0 Å². The van der Waals surface area contributed by atoms with E-state index in [2.05, 4.69) is 95.6 Å². The van der Waals surface area contributed by atoms with Crippen LogP contribution >= 0.6 is 0 Å². The van der Waals surface area contributed by atoms with Gasteiger partial charge in [-0.1, -0.05) is 57.2 Å². The minimum absolute atomic E-state index is 0.0241. The fourth-order valence-electron chi connectivity index (χ4n) is 5.27. The molecule has 0 aliphatic rings. The van der Waals surface area contributed by atoms with Crippen LogP contribution in [0, 0.1) is 0 Å². The molecular weight excluding hydrogens is 480 g/mol. The van der Waals surface area contributed by atoms with Gasteiger partial charge in [-0.05, 0) is 65.6 Å². The Hall–Kier alpha value is -4.90. The molecule has 0 fully saturated rings. The zero-order valence-electron chi connectivity index (χ0n) is 22.2. The molecule has 0 saturated heterocycles. The van der Waals surface area contributed by atoms with E-state index in [1.54, 1.807) is 0 Å². The van der Waals surface area contributed by atoms with Crippen molar-refractivity contribution in [3.63, 3.8) is 0 Å². The summed E-state index contributed by atoms with van der Waals surface area (Å²) in [4.78, 5) is 9.32. The van der Waals surface area contributed by atoms with E-state index in [9.17, 15) is 0 Å². The number of pyridine rings is 1. The fraction of sp³-hybridized carbons (Fsp3) is 0.118. The van der Waals surface area contributed by atoms with Gasteiger partial charge in [-0.15, -0.1) is 0 Å². The number of benzene rings is 4. The molecule has 0 spiro atoms. The Labute approximate surface area is 226 Å². The standard InChI is InChI=1S/C34H28N4O/c1-34(2,3)23-17-18-35-33(19-23)38-30-13-6-4-11-27(30)28-16-15-26(21-32(28)38)39-25-10-8-9-24(20-25)37-22-36-29-12-5-7-14-31(29)37/h4-22H,1-3H3. The van der Waals surface area contributed by atoms with Crippen molar-refractivity contribution < 1.29 is 4.74 Å². The van der Waals surface area contributed by atoms with Gasteiger partial charge in [0.25, 0.3) is 0 Å². The van der Waals surface area contributed by atoms with Crippen molar-refractivity contribution in [1.29, 1.82) is 0 Å². The smallest absolute Gasteiger partial charge is 0.137 e. The molecule has 3 aromatic heterocycles. The van der Waals surface area contributed by atoms with Crippen molar-refractivity contribution in [2.45, 2.75) is 26.2 Å². The molecule has 4 aromatic carbocycles. The average molecular weight is 509 g/mol. The molecule has 39 heavy (non-hydrogen) atoms. The Balaban J connectivity index is 1.33. The Bertz CT molecular complexity index is 1990. The zero-order valence-corrected chi connectivity index (χ0v) is 22.2. The van der Waals surface area contributed by atoms with Gasteiger partial charge < -0.3 is 4.74 Å². The van der Waals surface area contributed by atoms with Crippen LogP contribution in [-0.2, 0) is 5.41 Å². The summed E-state index contributed by atoms with van der Waals surface area (Å²) in [5, 5.41) is 2.36. The molecule has 0 aliphatic carbocycles. The first-order valence-corrected chi connectivity index (χ1v) is 13.2. The van der Waals surface area contributed by atoms with Crippen LogP contribution in [0.5, 0.6) is 11.5 Å².